The first-order valence-electron chi connectivity index (χ1n) is 7.76. The van der Waals surface area contributed by atoms with Crippen molar-refractivity contribution in [1.82, 2.24) is 5.32 Å². The van der Waals surface area contributed by atoms with Crippen LogP contribution in [0.25, 0.3) is 0 Å². The summed E-state index contributed by atoms with van der Waals surface area (Å²) in [7, 11) is 1.41. The number of nitrogens with zero attached hydrogens (tertiary/aromatic N) is 1. The van der Waals surface area contributed by atoms with Crippen molar-refractivity contribution >= 4 is 41.3 Å². The van der Waals surface area contributed by atoms with Gasteiger partial charge >= 0.3 is 6.61 Å². The van der Waals surface area contributed by atoms with Gasteiger partial charge < -0.3 is 20.5 Å². The Kier molecular flexibility index (Phi) is 10.3. The number of guanidine groups is 1. The minimum Gasteiger partial charge on any atom is -0.493 e. The van der Waals surface area contributed by atoms with Crippen LogP contribution in [0.3, 0.4) is 0 Å². The van der Waals surface area contributed by atoms with Crippen molar-refractivity contribution in [1.29, 1.82) is 0 Å². The third-order valence-electron chi connectivity index (χ3n) is 3.38. The fourth-order valence-electron chi connectivity index (χ4n) is 2.20. The Hall–Kier alpha value is -1.62. The van der Waals surface area contributed by atoms with Crippen LogP contribution in [0.5, 0.6) is 11.5 Å². The van der Waals surface area contributed by atoms with Gasteiger partial charge in [-0.1, -0.05) is 12.1 Å². The van der Waals surface area contributed by atoms with Gasteiger partial charge in [0.2, 0.25) is 0 Å². The van der Waals surface area contributed by atoms with Crippen LogP contribution >= 0.6 is 35.3 Å². The largest absolute Gasteiger partial charge is 0.493 e. The molecule has 0 spiro atoms. The summed E-state index contributed by atoms with van der Waals surface area (Å²) >= 11 is 1.69. The fourth-order valence-corrected chi connectivity index (χ4v) is 2.90. The number of thiophene rings is 1. The minimum atomic E-state index is -2.90. The Bertz CT molecular complexity index is 685. The van der Waals surface area contributed by atoms with Gasteiger partial charge in [0.15, 0.2) is 17.5 Å². The number of benzene rings is 1. The van der Waals surface area contributed by atoms with E-state index in [0.717, 1.165) is 12.0 Å². The van der Waals surface area contributed by atoms with Gasteiger partial charge in [0.25, 0.3) is 0 Å². The molecular weight excluding hydrogens is 475 g/mol. The molecule has 0 aliphatic heterocycles. The molecule has 1 aromatic carbocycles. The second kappa shape index (κ2) is 11.9. The highest BCUT2D eigenvalue weighted by Crippen LogP contribution is 2.29. The quantitative estimate of drug-likeness (QED) is 0.315. The molecule has 0 saturated heterocycles. The standard InChI is InChI=1S/C17H21F2N3O2S.HI/c1-23-14-5-4-12(11-15(14)24-16(18)19)6-8-21-17(20)22-9-7-13-3-2-10-25-13;/h2-5,10-11,16H,6-9H2,1H3,(H3,20,21,22);1H. The van der Waals surface area contributed by atoms with Crippen LogP contribution in [-0.4, -0.2) is 32.8 Å². The normalized spacial score (nSPS) is 11.2. The van der Waals surface area contributed by atoms with E-state index in [-0.39, 0.29) is 35.5 Å². The first-order valence-corrected chi connectivity index (χ1v) is 8.64. The van der Waals surface area contributed by atoms with E-state index in [1.54, 1.807) is 23.5 Å². The first-order chi connectivity index (χ1) is 12.1. The molecule has 1 aromatic heterocycles. The maximum absolute atomic E-state index is 12.4. The maximum Gasteiger partial charge on any atom is 0.387 e. The average Bonchev–Trinajstić information content (AvgIpc) is 3.08. The van der Waals surface area contributed by atoms with E-state index in [4.69, 9.17) is 10.5 Å². The molecule has 0 amide bonds. The zero-order valence-corrected chi connectivity index (χ0v) is 17.4. The van der Waals surface area contributed by atoms with Crippen LogP contribution in [0.15, 0.2) is 40.7 Å². The molecule has 2 rings (SSSR count). The Balaban J connectivity index is 0.00000338. The monoisotopic (exact) mass is 497 g/mol. The van der Waals surface area contributed by atoms with E-state index in [9.17, 15) is 8.78 Å². The second-order valence-electron chi connectivity index (χ2n) is 5.14. The molecule has 5 nitrogen and oxygen atoms in total. The van der Waals surface area contributed by atoms with Crippen molar-refractivity contribution in [3.8, 4) is 11.5 Å². The summed E-state index contributed by atoms with van der Waals surface area (Å²) in [5, 5.41) is 5.04. The molecule has 26 heavy (non-hydrogen) atoms. The van der Waals surface area contributed by atoms with E-state index in [1.165, 1.54) is 18.1 Å². The zero-order valence-electron chi connectivity index (χ0n) is 14.3. The summed E-state index contributed by atoms with van der Waals surface area (Å²) in [6, 6.07) is 9.00. The van der Waals surface area contributed by atoms with Crippen LogP contribution in [0.4, 0.5) is 8.78 Å². The van der Waals surface area contributed by atoms with Crippen molar-refractivity contribution in [3.05, 3.63) is 46.2 Å². The summed E-state index contributed by atoms with van der Waals surface area (Å²) in [5.74, 6) is 0.661. The number of hydrogen-bond donors (Lipinski definition) is 2. The van der Waals surface area contributed by atoms with Gasteiger partial charge in [-0.05, 0) is 35.6 Å². The van der Waals surface area contributed by atoms with Crippen molar-refractivity contribution in [2.45, 2.75) is 19.5 Å². The van der Waals surface area contributed by atoms with Gasteiger partial charge in [-0.2, -0.15) is 8.78 Å². The third kappa shape index (κ3) is 7.73. The van der Waals surface area contributed by atoms with Gasteiger partial charge in [-0.25, -0.2) is 0 Å². The molecule has 3 N–H and O–H groups in total. The molecular formula is C17H22F2IN3O2S. The zero-order chi connectivity index (χ0) is 18.1. The van der Waals surface area contributed by atoms with E-state index < -0.39 is 6.61 Å². The van der Waals surface area contributed by atoms with Crippen molar-refractivity contribution in [3.63, 3.8) is 0 Å². The number of nitrogens with two attached hydrogens (primary N) is 1. The van der Waals surface area contributed by atoms with Gasteiger partial charge in [-0.3, -0.25) is 4.99 Å². The first kappa shape index (κ1) is 22.4. The lowest BCUT2D eigenvalue weighted by atomic mass is 10.1. The molecule has 0 bridgehead atoms. The van der Waals surface area contributed by atoms with E-state index in [2.05, 4.69) is 21.1 Å². The van der Waals surface area contributed by atoms with Gasteiger partial charge in [0.1, 0.15) is 0 Å². The molecule has 0 atom stereocenters. The molecule has 9 heteroatoms. The number of hydrogen-bond acceptors (Lipinski definition) is 4. The Labute approximate surface area is 172 Å². The molecule has 0 saturated carbocycles. The van der Waals surface area contributed by atoms with E-state index in [0.29, 0.717) is 25.5 Å². The van der Waals surface area contributed by atoms with E-state index in [1.807, 2.05) is 11.4 Å². The SMILES string of the molecule is COc1ccc(CCNC(N)=NCCc2cccs2)cc1OC(F)F.I. The predicted molar refractivity (Wildman–Crippen MR) is 111 cm³/mol. The molecule has 0 unspecified atom stereocenters. The van der Waals surface area contributed by atoms with Gasteiger partial charge in [0, 0.05) is 24.4 Å². The molecule has 1 heterocycles. The van der Waals surface area contributed by atoms with Crippen molar-refractivity contribution in [2.24, 2.45) is 10.7 Å². The highest BCUT2D eigenvalue weighted by Gasteiger charge is 2.11. The summed E-state index contributed by atoms with van der Waals surface area (Å²) in [6.07, 6.45) is 1.44. The predicted octanol–water partition coefficient (Wildman–Crippen LogP) is 3.67. The highest BCUT2D eigenvalue weighted by atomic mass is 127. The Morgan fingerprint density at radius 2 is 2.08 bits per heavy atom. The second-order valence-corrected chi connectivity index (χ2v) is 6.17. The van der Waals surface area contributed by atoms with Crippen molar-refractivity contribution < 1.29 is 18.3 Å². The van der Waals surface area contributed by atoms with Crippen molar-refractivity contribution in [2.75, 3.05) is 20.2 Å². The van der Waals surface area contributed by atoms with Crippen LogP contribution in [0.1, 0.15) is 10.4 Å². The summed E-state index contributed by atoms with van der Waals surface area (Å²) in [4.78, 5) is 5.53. The number of nitrogens with one attached hydrogen (secondary N) is 1. The van der Waals surface area contributed by atoms with Crippen LogP contribution in [0.2, 0.25) is 0 Å². The molecule has 0 aliphatic rings. The Morgan fingerprint density at radius 1 is 1.27 bits per heavy atom. The molecule has 144 valence electrons. The van der Waals surface area contributed by atoms with Crippen LogP contribution < -0.4 is 20.5 Å². The topological polar surface area (TPSA) is 68.9 Å². The number of methoxy groups -OCH3 is 1. The number of ether oxygens (including phenoxy) is 2. The van der Waals surface area contributed by atoms with Gasteiger partial charge in [-0.15, -0.1) is 35.3 Å². The van der Waals surface area contributed by atoms with Crippen LogP contribution in [-0.2, 0) is 12.8 Å². The Morgan fingerprint density at radius 3 is 2.73 bits per heavy atom. The lowest BCUT2D eigenvalue weighted by molar-refractivity contribution is -0.0512. The average molecular weight is 497 g/mol. The molecule has 0 radical (unpaired) electrons. The molecule has 0 aliphatic carbocycles. The smallest absolute Gasteiger partial charge is 0.387 e. The summed E-state index contributed by atoms with van der Waals surface area (Å²) < 4.78 is 34.3. The lowest BCUT2D eigenvalue weighted by Gasteiger charge is -2.12. The molecule has 2 aromatic rings. The number of rotatable bonds is 9. The number of alkyl halides is 2. The number of aliphatic imine (C=N–C) groups is 1. The van der Waals surface area contributed by atoms with Crippen LogP contribution in [0, 0.1) is 0 Å². The van der Waals surface area contributed by atoms with E-state index >= 15 is 0 Å². The third-order valence-corrected chi connectivity index (χ3v) is 4.32. The number of halogens is 3. The minimum absolute atomic E-state index is 0. The summed E-state index contributed by atoms with van der Waals surface area (Å²) in [5.41, 5.74) is 6.65. The van der Waals surface area contributed by atoms with Gasteiger partial charge in [0.05, 0.1) is 7.11 Å². The fraction of sp³-hybridized carbons (Fsp3) is 0.353. The lowest BCUT2D eigenvalue weighted by Crippen LogP contribution is -2.33. The highest BCUT2D eigenvalue weighted by molar-refractivity contribution is 14.0. The summed E-state index contributed by atoms with van der Waals surface area (Å²) in [6.45, 7) is -1.74. The molecule has 0 fully saturated rings. The maximum atomic E-state index is 12.4.